The summed E-state index contributed by atoms with van der Waals surface area (Å²) in [6.07, 6.45) is 1.76. The molecule has 1 aliphatic heterocycles. The number of ether oxygens (including phenoxy) is 1. The molecule has 3 aromatic carbocycles. The highest BCUT2D eigenvalue weighted by molar-refractivity contribution is 9.10. The molecule has 1 amide bonds. The van der Waals surface area contributed by atoms with Crippen LogP contribution in [-0.2, 0) is 0 Å². The number of carbonyl (C=O) groups is 1. The first kappa shape index (κ1) is 23.9. The topological polar surface area (TPSA) is 87.9 Å². The van der Waals surface area contributed by atoms with Crippen molar-refractivity contribution in [2.45, 2.75) is 12.5 Å². The zero-order valence-corrected chi connectivity index (χ0v) is 21.9. The first-order chi connectivity index (χ1) is 18.5. The Hall–Kier alpha value is -4.43. The van der Waals surface area contributed by atoms with E-state index in [1.54, 1.807) is 19.2 Å². The number of nitrogens with zero attached hydrogens (tertiary/aromatic N) is 2. The number of aromatic nitrogens is 1. The molecule has 0 fully saturated rings. The van der Waals surface area contributed by atoms with E-state index < -0.39 is 11.9 Å². The van der Waals surface area contributed by atoms with Gasteiger partial charge >= 0.3 is 5.91 Å². The van der Waals surface area contributed by atoms with E-state index in [0.717, 1.165) is 26.5 Å². The number of pyridine rings is 1. The monoisotopic (exact) mass is 567 g/mol. The van der Waals surface area contributed by atoms with Crippen LogP contribution >= 0.6 is 15.9 Å². The zero-order chi connectivity index (χ0) is 26.2. The second kappa shape index (κ2) is 9.79. The molecular weight excluding hydrogens is 546 g/mol. The maximum atomic E-state index is 13.7. The lowest BCUT2D eigenvalue weighted by molar-refractivity contribution is 0.0677. The average molecular weight is 568 g/mol. The van der Waals surface area contributed by atoms with Crippen molar-refractivity contribution < 1.29 is 13.9 Å². The van der Waals surface area contributed by atoms with Crippen molar-refractivity contribution in [3.05, 3.63) is 123 Å². The van der Waals surface area contributed by atoms with Gasteiger partial charge in [0, 0.05) is 32.9 Å². The fourth-order valence-corrected chi connectivity index (χ4v) is 5.35. The number of H-pyrrole nitrogens is 1. The third kappa shape index (κ3) is 4.13. The number of fused-ring (bicyclic) bond motifs is 1. The van der Waals surface area contributed by atoms with E-state index >= 15 is 0 Å². The van der Waals surface area contributed by atoms with Gasteiger partial charge in [-0.3, -0.25) is 9.59 Å². The van der Waals surface area contributed by atoms with Crippen LogP contribution in [0.25, 0.3) is 22.0 Å². The second-order valence-corrected chi connectivity index (χ2v) is 9.81. The van der Waals surface area contributed by atoms with Gasteiger partial charge in [-0.2, -0.15) is 5.10 Å². The number of halogens is 1. The van der Waals surface area contributed by atoms with Crippen LogP contribution < -0.4 is 10.3 Å². The Morgan fingerprint density at radius 1 is 1.03 bits per heavy atom. The van der Waals surface area contributed by atoms with E-state index in [9.17, 15) is 9.59 Å². The number of hydrazone groups is 1. The van der Waals surface area contributed by atoms with Gasteiger partial charge in [0.1, 0.15) is 5.75 Å². The van der Waals surface area contributed by atoms with Crippen LogP contribution in [0.3, 0.4) is 0 Å². The zero-order valence-electron chi connectivity index (χ0n) is 20.4. The molecule has 0 aliphatic carbocycles. The molecule has 3 heterocycles. The summed E-state index contributed by atoms with van der Waals surface area (Å²) in [4.78, 5) is 30.3. The number of benzene rings is 3. The van der Waals surface area contributed by atoms with Crippen molar-refractivity contribution in [3.8, 4) is 16.9 Å². The summed E-state index contributed by atoms with van der Waals surface area (Å²) in [5, 5.41) is 7.04. The number of hydrogen-bond donors (Lipinski definition) is 1. The highest BCUT2D eigenvalue weighted by Crippen LogP contribution is 2.40. The maximum Gasteiger partial charge on any atom is 0.310 e. The van der Waals surface area contributed by atoms with Crippen LogP contribution in [0, 0.1) is 0 Å². The first-order valence-corrected chi connectivity index (χ1v) is 12.8. The molecular formula is C30H22BrN3O4. The van der Waals surface area contributed by atoms with Crippen LogP contribution in [-0.4, -0.2) is 28.7 Å². The van der Waals surface area contributed by atoms with Crippen LogP contribution in [0.1, 0.15) is 34.1 Å². The first-order valence-electron chi connectivity index (χ1n) is 12.0. The Bertz CT molecular complexity index is 1740. The lowest BCUT2D eigenvalue weighted by atomic mass is 9.91. The molecule has 0 unspecified atom stereocenters. The van der Waals surface area contributed by atoms with Gasteiger partial charge in [-0.25, -0.2) is 5.01 Å². The average Bonchev–Trinajstić information content (AvgIpc) is 3.64. The van der Waals surface area contributed by atoms with Crippen molar-refractivity contribution in [1.29, 1.82) is 0 Å². The molecule has 0 radical (unpaired) electrons. The Kier molecular flexibility index (Phi) is 6.17. The number of aromatic amines is 1. The highest BCUT2D eigenvalue weighted by atomic mass is 79.9. The summed E-state index contributed by atoms with van der Waals surface area (Å²) in [6.45, 7) is 0. The summed E-state index contributed by atoms with van der Waals surface area (Å²) in [5.41, 5.74) is 3.79. The van der Waals surface area contributed by atoms with E-state index in [-0.39, 0.29) is 11.3 Å². The fourth-order valence-electron chi connectivity index (χ4n) is 4.99. The van der Waals surface area contributed by atoms with Crippen molar-refractivity contribution in [3.63, 3.8) is 0 Å². The van der Waals surface area contributed by atoms with E-state index in [1.807, 2.05) is 72.8 Å². The molecule has 1 atom stereocenters. The Labute approximate surface area is 226 Å². The smallest absolute Gasteiger partial charge is 0.310 e. The SMILES string of the molecule is COc1ccccc1[C@H]1CC(c2c(-c3ccccc3)c3cc(Br)ccc3[nH]c2=O)=NN1C(=O)c1ccco1. The predicted octanol–water partition coefficient (Wildman–Crippen LogP) is 6.55. The van der Waals surface area contributed by atoms with Crippen molar-refractivity contribution in [2.24, 2.45) is 5.10 Å². The van der Waals surface area contributed by atoms with Gasteiger partial charge in [0.05, 0.1) is 30.7 Å². The lowest BCUT2D eigenvalue weighted by Gasteiger charge is -2.22. The van der Waals surface area contributed by atoms with E-state index in [4.69, 9.17) is 14.3 Å². The summed E-state index contributed by atoms with van der Waals surface area (Å²) >= 11 is 3.57. The molecule has 0 saturated carbocycles. The molecule has 0 bridgehead atoms. The summed E-state index contributed by atoms with van der Waals surface area (Å²) in [7, 11) is 1.59. The van der Waals surface area contributed by atoms with Crippen molar-refractivity contribution in [1.82, 2.24) is 9.99 Å². The molecule has 38 heavy (non-hydrogen) atoms. The Balaban J connectivity index is 1.59. The molecule has 1 aliphatic rings. The lowest BCUT2D eigenvalue weighted by Crippen LogP contribution is -2.27. The molecule has 1 N–H and O–H groups in total. The highest BCUT2D eigenvalue weighted by Gasteiger charge is 2.38. The molecule has 188 valence electrons. The molecule has 7 nitrogen and oxygen atoms in total. The summed E-state index contributed by atoms with van der Waals surface area (Å²) in [5.74, 6) is 0.391. The molecule has 0 spiro atoms. The van der Waals surface area contributed by atoms with Gasteiger partial charge in [-0.1, -0.05) is 64.5 Å². The van der Waals surface area contributed by atoms with Crippen LogP contribution in [0.4, 0.5) is 0 Å². The van der Waals surface area contributed by atoms with Gasteiger partial charge in [0.2, 0.25) is 0 Å². The van der Waals surface area contributed by atoms with E-state index in [1.165, 1.54) is 11.3 Å². The summed E-state index contributed by atoms with van der Waals surface area (Å²) in [6, 6.07) is 25.8. The van der Waals surface area contributed by atoms with Gasteiger partial charge < -0.3 is 14.1 Å². The molecule has 8 heteroatoms. The molecule has 0 saturated heterocycles. The number of methoxy groups -OCH3 is 1. The minimum atomic E-state index is -0.500. The fraction of sp³-hybridized carbons (Fsp3) is 0.100. The number of carbonyl (C=O) groups excluding carboxylic acids is 1. The number of nitrogens with one attached hydrogen (secondary N) is 1. The van der Waals surface area contributed by atoms with E-state index in [2.05, 4.69) is 20.9 Å². The van der Waals surface area contributed by atoms with Crippen LogP contribution in [0.2, 0.25) is 0 Å². The number of rotatable bonds is 5. The number of hydrogen-bond acceptors (Lipinski definition) is 5. The van der Waals surface area contributed by atoms with Gasteiger partial charge in [0.25, 0.3) is 5.56 Å². The Morgan fingerprint density at radius 2 is 1.82 bits per heavy atom. The van der Waals surface area contributed by atoms with Gasteiger partial charge in [-0.15, -0.1) is 0 Å². The molecule has 2 aromatic heterocycles. The van der Waals surface area contributed by atoms with Crippen molar-refractivity contribution in [2.75, 3.05) is 7.11 Å². The largest absolute Gasteiger partial charge is 0.496 e. The van der Waals surface area contributed by atoms with Crippen LogP contribution in [0.15, 0.2) is 110 Å². The number of amides is 1. The third-order valence-electron chi connectivity index (χ3n) is 6.68. The number of furan rings is 1. The van der Waals surface area contributed by atoms with Crippen molar-refractivity contribution >= 4 is 38.5 Å². The standard InChI is InChI=1S/C30H22BrN3O4/c1-37-25-11-6-5-10-20(25)24-17-23(33-34(24)30(36)26-12-7-15-38-26)28-27(18-8-3-2-4-9-18)21-16-19(31)13-14-22(21)32-29(28)35/h2-16,24H,17H2,1H3,(H,32,35)/t24-/m1/s1. The normalized spacial score (nSPS) is 15.1. The van der Waals surface area contributed by atoms with Gasteiger partial charge in [0.15, 0.2) is 5.76 Å². The molecule has 5 aromatic rings. The minimum Gasteiger partial charge on any atom is -0.496 e. The minimum absolute atomic E-state index is 0.162. The second-order valence-electron chi connectivity index (χ2n) is 8.90. The summed E-state index contributed by atoms with van der Waals surface area (Å²) < 4.78 is 11.9. The van der Waals surface area contributed by atoms with Crippen LogP contribution in [0.5, 0.6) is 5.75 Å². The quantitative estimate of drug-likeness (QED) is 0.261. The Morgan fingerprint density at radius 3 is 2.58 bits per heavy atom. The predicted molar refractivity (Wildman–Crippen MR) is 149 cm³/mol. The van der Waals surface area contributed by atoms with Gasteiger partial charge in [-0.05, 0) is 42.0 Å². The van der Waals surface area contributed by atoms with E-state index in [0.29, 0.717) is 29.0 Å². The third-order valence-corrected chi connectivity index (χ3v) is 7.17. The maximum absolute atomic E-state index is 13.7. The molecule has 6 rings (SSSR count). The number of para-hydroxylation sites is 1.